The third-order valence-corrected chi connectivity index (χ3v) is 4.73. The van der Waals surface area contributed by atoms with Gasteiger partial charge in [0.2, 0.25) is 5.91 Å². The number of likely N-dealkylation sites (N-methyl/N-ethyl adjacent to an activating group) is 1. The van der Waals surface area contributed by atoms with E-state index >= 15 is 0 Å². The predicted molar refractivity (Wildman–Crippen MR) is 99.8 cm³/mol. The summed E-state index contributed by atoms with van der Waals surface area (Å²) in [7, 11) is 1.72. The van der Waals surface area contributed by atoms with Gasteiger partial charge in [0.25, 0.3) is 0 Å². The highest BCUT2D eigenvalue weighted by Crippen LogP contribution is 2.22. The van der Waals surface area contributed by atoms with Crippen LogP contribution in [0.4, 0.5) is 8.78 Å². The first kappa shape index (κ1) is 20.0. The molecule has 0 saturated carbocycles. The number of benzene rings is 2. The first-order valence-electron chi connectivity index (χ1n) is 8.85. The second kappa shape index (κ2) is 8.90. The summed E-state index contributed by atoms with van der Waals surface area (Å²) in [5.74, 6) is -1.13. The average Bonchev–Trinajstić information content (AvgIpc) is 2.62. The van der Waals surface area contributed by atoms with Crippen molar-refractivity contribution in [3.63, 3.8) is 0 Å². The largest absolute Gasteiger partial charge is 0.348 e. The van der Waals surface area contributed by atoms with Crippen molar-refractivity contribution in [1.29, 1.82) is 0 Å². The molecule has 0 spiro atoms. The van der Waals surface area contributed by atoms with Crippen LogP contribution in [0.1, 0.15) is 49.5 Å². The Morgan fingerprint density at radius 3 is 2.38 bits per heavy atom. The van der Waals surface area contributed by atoms with Gasteiger partial charge in [-0.15, -0.1) is 0 Å². The van der Waals surface area contributed by atoms with E-state index in [4.69, 9.17) is 0 Å². The maximum atomic E-state index is 13.9. The number of aryl methyl sites for hydroxylation is 1. The molecule has 140 valence electrons. The van der Waals surface area contributed by atoms with Crippen molar-refractivity contribution >= 4 is 5.91 Å². The van der Waals surface area contributed by atoms with E-state index in [2.05, 4.69) is 24.4 Å². The summed E-state index contributed by atoms with van der Waals surface area (Å²) in [6, 6.07) is 11.0. The summed E-state index contributed by atoms with van der Waals surface area (Å²) in [4.78, 5) is 14.0. The summed E-state index contributed by atoms with van der Waals surface area (Å²) in [6.07, 6.45) is 0.973. The molecule has 3 nitrogen and oxygen atoms in total. The van der Waals surface area contributed by atoms with E-state index in [1.165, 1.54) is 11.6 Å². The molecule has 26 heavy (non-hydrogen) atoms. The average molecular weight is 360 g/mol. The van der Waals surface area contributed by atoms with Crippen molar-refractivity contribution in [2.45, 2.75) is 39.3 Å². The number of amides is 1. The third kappa shape index (κ3) is 5.11. The molecular formula is C21H26F2N2O. The first-order valence-corrected chi connectivity index (χ1v) is 8.85. The van der Waals surface area contributed by atoms with Gasteiger partial charge in [0.15, 0.2) is 0 Å². The number of carbonyl (C=O) groups is 1. The van der Waals surface area contributed by atoms with Gasteiger partial charge in [-0.25, -0.2) is 8.78 Å². The summed E-state index contributed by atoms with van der Waals surface area (Å²) in [5.41, 5.74) is 2.52. The van der Waals surface area contributed by atoms with E-state index in [1.807, 2.05) is 19.1 Å². The Labute approximate surface area is 154 Å². The topological polar surface area (TPSA) is 32.3 Å². The van der Waals surface area contributed by atoms with Crippen LogP contribution in [0.2, 0.25) is 0 Å². The summed E-state index contributed by atoms with van der Waals surface area (Å²) >= 11 is 0. The van der Waals surface area contributed by atoms with Crippen LogP contribution in [0.3, 0.4) is 0 Å². The molecule has 0 radical (unpaired) electrons. The van der Waals surface area contributed by atoms with E-state index in [9.17, 15) is 13.6 Å². The Kier molecular flexibility index (Phi) is 6.86. The van der Waals surface area contributed by atoms with Crippen LogP contribution in [0.15, 0.2) is 42.5 Å². The second-order valence-corrected chi connectivity index (χ2v) is 6.64. The van der Waals surface area contributed by atoms with Crippen molar-refractivity contribution in [1.82, 2.24) is 10.2 Å². The number of halogens is 2. The van der Waals surface area contributed by atoms with E-state index < -0.39 is 17.7 Å². The lowest BCUT2D eigenvalue weighted by Gasteiger charge is -2.25. The monoisotopic (exact) mass is 360 g/mol. The SMILES string of the molecule is CCc1ccc(C(C)NC(=O)CN(C)C(C)c2cc(F)ccc2F)cc1. The lowest BCUT2D eigenvalue weighted by Crippen LogP contribution is -2.37. The van der Waals surface area contributed by atoms with E-state index in [0.29, 0.717) is 0 Å². The highest BCUT2D eigenvalue weighted by Gasteiger charge is 2.19. The fourth-order valence-corrected chi connectivity index (χ4v) is 2.85. The molecule has 0 fully saturated rings. The molecule has 2 aromatic carbocycles. The summed E-state index contributed by atoms with van der Waals surface area (Å²) in [5, 5.41) is 2.95. The van der Waals surface area contributed by atoms with E-state index in [-0.39, 0.29) is 24.1 Å². The van der Waals surface area contributed by atoms with Gasteiger partial charge >= 0.3 is 0 Å². The number of nitrogens with one attached hydrogen (secondary N) is 1. The lowest BCUT2D eigenvalue weighted by molar-refractivity contribution is -0.123. The highest BCUT2D eigenvalue weighted by atomic mass is 19.1. The van der Waals surface area contributed by atoms with Crippen molar-refractivity contribution < 1.29 is 13.6 Å². The van der Waals surface area contributed by atoms with E-state index in [0.717, 1.165) is 24.1 Å². The molecule has 2 atom stereocenters. The molecule has 5 heteroatoms. The van der Waals surface area contributed by atoms with Crippen molar-refractivity contribution in [3.8, 4) is 0 Å². The molecule has 0 heterocycles. The number of rotatable bonds is 7. The third-order valence-electron chi connectivity index (χ3n) is 4.73. The van der Waals surface area contributed by atoms with Gasteiger partial charge in [0.05, 0.1) is 12.6 Å². The first-order chi connectivity index (χ1) is 12.3. The maximum Gasteiger partial charge on any atom is 0.234 e. The Hall–Kier alpha value is -2.27. The van der Waals surface area contributed by atoms with Gasteiger partial charge in [0.1, 0.15) is 11.6 Å². The predicted octanol–water partition coefficient (Wildman–Crippen LogP) is 4.40. The van der Waals surface area contributed by atoms with Gasteiger partial charge in [-0.1, -0.05) is 31.2 Å². The van der Waals surface area contributed by atoms with Crippen LogP contribution in [0.25, 0.3) is 0 Å². The fraction of sp³-hybridized carbons (Fsp3) is 0.381. The number of hydrogen-bond donors (Lipinski definition) is 1. The minimum atomic E-state index is -0.491. The van der Waals surface area contributed by atoms with Gasteiger partial charge in [-0.3, -0.25) is 9.69 Å². The van der Waals surface area contributed by atoms with Crippen LogP contribution >= 0.6 is 0 Å². The maximum absolute atomic E-state index is 13.9. The van der Waals surface area contributed by atoms with Gasteiger partial charge in [0, 0.05) is 11.6 Å². The second-order valence-electron chi connectivity index (χ2n) is 6.64. The minimum Gasteiger partial charge on any atom is -0.348 e. The molecule has 2 unspecified atom stereocenters. The van der Waals surface area contributed by atoms with Crippen LogP contribution in [-0.2, 0) is 11.2 Å². The van der Waals surface area contributed by atoms with Gasteiger partial charge in [-0.05, 0) is 56.6 Å². The molecule has 2 rings (SSSR count). The molecule has 0 saturated heterocycles. The fourth-order valence-electron chi connectivity index (χ4n) is 2.85. The number of nitrogens with zero attached hydrogens (tertiary/aromatic N) is 1. The zero-order valence-corrected chi connectivity index (χ0v) is 15.7. The molecule has 0 aromatic heterocycles. The van der Waals surface area contributed by atoms with Gasteiger partial charge < -0.3 is 5.32 Å². The van der Waals surface area contributed by atoms with Crippen LogP contribution in [0, 0.1) is 11.6 Å². The molecule has 0 aliphatic heterocycles. The Morgan fingerprint density at radius 2 is 1.77 bits per heavy atom. The summed E-state index contributed by atoms with van der Waals surface area (Å²) in [6.45, 7) is 5.86. The minimum absolute atomic E-state index is 0.0918. The zero-order chi connectivity index (χ0) is 19.3. The lowest BCUT2D eigenvalue weighted by atomic mass is 10.0. The normalized spacial score (nSPS) is 13.5. The molecule has 2 aromatic rings. The van der Waals surface area contributed by atoms with Crippen LogP contribution < -0.4 is 5.32 Å². The highest BCUT2D eigenvalue weighted by molar-refractivity contribution is 5.78. The molecular weight excluding hydrogens is 334 g/mol. The molecule has 1 N–H and O–H groups in total. The zero-order valence-electron chi connectivity index (χ0n) is 15.7. The molecule has 0 aliphatic carbocycles. The quantitative estimate of drug-likeness (QED) is 0.794. The molecule has 0 bridgehead atoms. The number of hydrogen-bond acceptors (Lipinski definition) is 2. The Balaban J connectivity index is 1.96. The van der Waals surface area contributed by atoms with Crippen molar-refractivity contribution in [3.05, 3.63) is 70.8 Å². The Morgan fingerprint density at radius 1 is 1.12 bits per heavy atom. The standard InChI is InChI=1S/C21H26F2N2O/c1-5-16-6-8-17(9-7-16)14(2)24-21(26)13-25(4)15(3)19-12-18(22)10-11-20(19)23/h6-12,14-15H,5,13H2,1-4H3,(H,24,26). The smallest absolute Gasteiger partial charge is 0.234 e. The van der Waals surface area contributed by atoms with Crippen LogP contribution in [0.5, 0.6) is 0 Å². The van der Waals surface area contributed by atoms with Crippen molar-refractivity contribution in [2.75, 3.05) is 13.6 Å². The molecule has 1 amide bonds. The van der Waals surface area contributed by atoms with Crippen LogP contribution in [-0.4, -0.2) is 24.4 Å². The molecule has 0 aliphatic rings. The van der Waals surface area contributed by atoms with Crippen molar-refractivity contribution in [2.24, 2.45) is 0 Å². The van der Waals surface area contributed by atoms with E-state index in [1.54, 1.807) is 18.9 Å². The number of carbonyl (C=O) groups excluding carboxylic acids is 1. The summed E-state index contributed by atoms with van der Waals surface area (Å²) < 4.78 is 27.3. The van der Waals surface area contributed by atoms with Gasteiger partial charge in [-0.2, -0.15) is 0 Å². The Bertz CT molecular complexity index is 746.